The molecule has 2 amide bonds. The number of hydrazone groups is 1. The van der Waals surface area contributed by atoms with Crippen molar-refractivity contribution >= 4 is 34.8 Å². The van der Waals surface area contributed by atoms with Crippen LogP contribution in [-0.2, 0) is 9.59 Å². The van der Waals surface area contributed by atoms with Gasteiger partial charge in [0.15, 0.2) is 6.61 Å². The summed E-state index contributed by atoms with van der Waals surface area (Å²) in [5.74, 6) is 0.000318. The fourth-order valence-corrected chi connectivity index (χ4v) is 2.42. The standard InChI is InChI=1S/C20H22ClN3O3/c1-13-8-9-16(21)11-17(13)22-19(25)10-15(3)23-24-20(26)12-27-18-7-5-4-6-14(18)2/h4-9,11H,10,12H2,1-3H3,(H,22,25)(H,24,26)/b23-15-. The van der Waals surface area contributed by atoms with Gasteiger partial charge in [-0.25, -0.2) is 5.43 Å². The van der Waals surface area contributed by atoms with Crippen molar-refractivity contribution in [2.24, 2.45) is 5.10 Å². The monoisotopic (exact) mass is 387 g/mol. The SMILES string of the molecule is C/C(CC(=O)Nc1cc(Cl)ccc1C)=N/NC(=O)COc1ccccc1C. The number of nitrogens with zero attached hydrogens (tertiary/aromatic N) is 1. The van der Waals surface area contributed by atoms with Crippen LogP contribution in [0, 0.1) is 13.8 Å². The maximum absolute atomic E-state index is 12.1. The highest BCUT2D eigenvalue weighted by Gasteiger charge is 2.08. The molecule has 0 radical (unpaired) electrons. The molecule has 0 aromatic heterocycles. The summed E-state index contributed by atoms with van der Waals surface area (Å²) in [5, 5.41) is 7.26. The number of rotatable bonds is 7. The van der Waals surface area contributed by atoms with Crippen molar-refractivity contribution in [2.75, 3.05) is 11.9 Å². The van der Waals surface area contributed by atoms with Gasteiger partial charge in [0.1, 0.15) is 5.75 Å². The molecule has 6 nitrogen and oxygen atoms in total. The molecule has 0 bridgehead atoms. The molecule has 0 aliphatic carbocycles. The summed E-state index contributed by atoms with van der Waals surface area (Å²) in [6.07, 6.45) is 0.0465. The molecule has 2 N–H and O–H groups in total. The lowest BCUT2D eigenvalue weighted by Gasteiger charge is -2.09. The molecule has 0 spiro atoms. The Labute approximate surface area is 163 Å². The summed E-state index contributed by atoms with van der Waals surface area (Å²) in [4.78, 5) is 23.9. The Hall–Kier alpha value is -2.86. The summed E-state index contributed by atoms with van der Waals surface area (Å²) < 4.78 is 5.44. The van der Waals surface area contributed by atoms with E-state index in [0.717, 1.165) is 11.1 Å². The van der Waals surface area contributed by atoms with Gasteiger partial charge >= 0.3 is 0 Å². The second-order valence-electron chi connectivity index (χ2n) is 6.12. The first kappa shape index (κ1) is 20.5. The minimum Gasteiger partial charge on any atom is -0.483 e. The van der Waals surface area contributed by atoms with Crippen LogP contribution in [0.1, 0.15) is 24.5 Å². The Morgan fingerprint density at radius 1 is 1.07 bits per heavy atom. The average Bonchev–Trinajstić information content (AvgIpc) is 2.62. The number of anilines is 1. The van der Waals surface area contributed by atoms with E-state index in [-0.39, 0.29) is 18.9 Å². The van der Waals surface area contributed by atoms with E-state index < -0.39 is 5.91 Å². The number of hydrogen-bond donors (Lipinski definition) is 2. The number of carbonyl (C=O) groups is 2. The Bertz CT molecular complexity index is 865. The quantitative estimate of drug-likeness (QED) is 0.559. The third-order valence-electron chi connectivity index (χ3n) is 3.71. The van der Waals surface area contributed by atoms with E-state index in [1.807, 2.05) is 38.1 Å². The van der Waals surface area contributed by atoms with E-state index in [1.54, 1.807) is 25.1 Å². The van der Waals surface area contributed by atoms with Gasteiger partial charge in [-0.15, -0.1) is 0 Å². The van der Waals surface area contributed by atoms with Gasteiger partial charge in [-0.1, -0.05) is 35.9 Å². The number of halogens is 1. The predicted octanol–water partition coefficient (Wildman–Crippen LogP) is 3.86. The zero-order valence-corrected chi connectivity index (χ0v) is 16.3. The summed E-state index contributed by atoms with van der Waals surface area (Å²) in [6, 6.07) is 12.7. The fraction of sp³-hybridized carbons (Fsp3) is 0.250. The summed E-state index contributed by atoms with van der Waals surface area (Å²) in [7, 11) is 0. The molecule has 2 rings (SSSR count). The van der Waals surface area contributed by atoms with E-state index in [4.69, 9.17) is 16.3 Å². The molecule has 0 saturated heterocycles. The fourth-order valence-electron chi connectivity index (χ4n) is 2.25. The molecule has 7 heteroatoms. The van der Waals surface area contributed by atoms with E-state index >= 15 is 0 Å². The summed E-state index contributed by atoms with van der Waals surface area (Å²) in [6.45, 7) is 5.28. The highest BCUT2D eigenvalue weighted by molar-refractivity contribution is 6.31. The maximum Gasteiger partial charge on any atom is 0.277 e. The van der Waals surface area contributed by atoms with Crippen molar-refractivity contribution in [3.63, 3.8) is 0 Å². The molecule has 0 aliphatic heterocycles. The van der Waals surface area contributed by atoms with Crippen LogP contribution in [0.15, 0.2) is 47.6 Å². The van der Waals surface area contributed by atoms with Gasteiger partial charge < -0.3 is 10.1 Å². The first-order valence-corrected chi connectivity index (χ1v) is 8.79. The van der Waals surface area contributed by atoms with Crippen molar-refractivity contribution < 1.29 is 14.3 Å². The van der Waals surface area contributed by atoms with Crippen LogP contribution in [0.3, 0.4) is 0 Å². The normalized spacial score (nSPS) is 11.0. The number of aryl methyl sites for hydroxylation is 2. The zero-order chi connectivity index (χ0) is 19.8. The van der Waals surface area contributed by atoms with Gasteiger partial charge in [0.2, 0.25) is 5.91 Å². The molecule has 0 saturated carbocycles. The molecular formula is C20H22ClN3O3. The molecule has 27 heavy (non-hydrogen) atoms. The lowest BCUT2D eigenvalue weighted by Crippen LogP contribution is -2.26. The average molecular weight is 388 g/mol. The van der Waals surface area contributed by atoms with E-state index in [9.17, 15) is 9.59 Å². The Kier molecular flexibility index (Phi) is 7.37. The van der Waals surface area contributed by atoms with Gasteiger partial charge in [0, 0.05) is 16.4 Å². The lowest BCUT2D eigenvalue weighted by atomic mass is 10.2. The largest absolute Gasteiger partial charge is 0.483 e. The van der Waals surface area contributed by atoms with E-state index in [1.165, 1.54) is 0 Å². The number of benzene rings is 2. The molecule has 2 aromatic carbocycles. The number of hydrogen-bond acceptors (Lipinski definition) is 4. The molecular weight excluding hydrogens is 366 g/mol. The lowest BCUT2D eigenvalue weighted by molar-refractivity contribution is -0.123. The van der Waals surface area contributed by atoms with Crippen molar-refractivity contribution in [2.45, 2.75) is 27.2 Å². The first-order valence-electron chi connectivity index (χ1n) is 8.41. The molecule has 142 valence electrons. The number of carbonyl (C=O) groups excluding carboxylic acids is 2. The molecule has 0 fully saturated rings. The Morgan fingerprint density at radius 3 is 2.56 bits per heavy atom. The Balaban J connectivity index is 1.81. The van der Waals surface area contributed by atoms with Crippen LogP contribution < -0.4 is 15.5 Å². The zero-order valence-electron chi connectivity index (χ0n) is 15.5. The number of para-hydroxylation sites is 1. The van der Waals surface area contributed by atoms with Gasteiger partial charge in [0.05, 0.1) is 6.42 Å². The smallest absolute Gasteiger partial charge is 0.277 e. The minimum absolute atomic E-state index is 0.0465. The molecule has 2 aromatic rings. The van der Waals surface area contributed by atoms with Crippen molar-refractivity contribution in [1.29, 1.82) is 0 Å². The van der Waals surface area contributed by atoms with Crippen LogP contribution in [0.25, 0.3) is 0 Å². The second kappa shape index (κ2) is 9.73. The van der Waals surface area contributed by atoms with E-state index in [2.05, 4.69) is 15.8 Å². The molecule has 0 unspecified atom stereocenters. The highest BCUT2D eigenvalue weighted by atomic mass is 35.5. The molecule has 0 aliphatic rings. The van der Waals surface area contributed by atoms with Crippen LogP contribution >= 0.6 is 11.6 Å². The highest BCUT2D eigenvalue weighted by Crippen LogP contribution is 2.20. The molecule has 0 atom stereocenters. The van der Waals surface area contributed by atoms with Crippen molar-refractivity contribution in [3.05, 3.63) is 58.6 Å². The third-order valence-corrected chi connectivity index (χ3v) is 3.95. The summed E-state index contributed by atoms with van der Waals surface area (Å²) in [5.41, 5.74) is 5.35. The predicted molar refractivity (Wildman–Crippen MR) is 107 cm³/mol. The number of nitrogens with one attached hydrogen (secondary N) is 2. The second-order valence-corrected chi connectivity index (χ2v) is 6.56. The van der Waals surface area contributed by atoms with Crippen LogP contribution in [0.5, 0.6) is 5.75 Å². The van der Waals surface area contributed by atoms with Gasteiger partial charge in [-0.2, -0.15) is 5.10 Å². The third kappa shape index (κ3) is 6.75. The van der Waals surface area contributed by atoms with Gasteiger partial charge in [-0.05, 0) is 50.1 Å². The maximum atomic E-state index is 12.1. The number of amides is 2. The van der Waals surface area contributed by atoms with Crippen molar-refractivity contribution in [3.8, 4) is 5.75 Å². The van der Waals surface area contributed by atoms with Gasteiger partial charge in [0.25, 0.3) is 5.91 Å². The van der Waals surface area contributed by atoms with Gasteiger partial charge in [-0.3, -0.25) is 9.59 Å². The van der Waals surface area contributed by atoms with Crippen LogP contribution in [-0.4, -0.2) is 24.1 Å². The first-order chi connectivity index (χ1) is 12.8. The number of ether oxygens (including phenoxy) is 1. The van der Waals surface area contributed by atoms with Crippen molar-refractivity contribution in [1.82, 2.24) is 5.43 Å². The topological polar surface area (TPSA) is 79.8 Å². The minimum atomic E-state index is -0.399. The Morgan fingerprint density at radius 2 is 1.81 bits per heavy atom. The van der Waals surface area contributed by atoms with Crippen LogP contribution in [0.2, 0.25) is 5.02 Å². The summed E-state index contributed by atoms with van der Waals surface area (Å²) >= 11 is 5.94. The van der Waals surface area contributed by atoms with Crippen LogP contribution in [0.4, 0.5) is 5.69 Å². The van der Waals surface area contributed by atoms with E-state index in [0.29, 0.717) is 22.2 Å². The molecule has 0 heterocycles.